The summed E-state index contributed by atoms with van der Waals surface area (Å²) in [5.74, 6) is -2.33. The lowest BCUT2D eigenvalue weighted by Gasteiger charge is -2.32. The number of halogens is 3. The number of carbonyl (C=O) groups excluding carboxylic acids is 1. The van der Waals surface area contributed by atoms with Crippen molar-refractivity contribution in [1.29, 1.82) is 0 Å². The second kappa shape index (κ2) is 8.13. The summed E-state index contributed by atoms with van der Waals surface area (Å²) in [5.41, 5.74) is 0.410. The highest BCUT2D eigenvalue weighted by atomic mass is 32.2. The quantitative estimate of drug-likeness (QED) is 0.661. The van der Waals surface area contributed by atoms with Crippen LogP contribution in [0.25, 0.3) is 11.1 Å². The van der Waals surface area contributed by atoms with E-state index in [1.54, 1.807) is 24.0 Å². The van der Waals surface area contributed by atoms with Crippen LogP contribution in [0.2, 0.25) is 0 Å². The molecule has 1 amide bonds. The summed E-state index contributed by atoms with van der Waals surface area (Å²) in [7, 11) is -3.52. The van der Waals surface area contributed by atoms with Gasteiger partial charge in [-0.2, -0.15) is 0 Å². The van der Waals surface area contributed by atoms with Crippen molar-refractivity contribution in [2.24, 2.45) is 11.8 Å². The van der Waals surface area contributed by atoms with Crippen LogP contribution in [0.1, 0.15) is 31.7 Å². The highest BCUT2D eigenvalue weighted by Gasteiger charge is 2.61. The minimum Gasteiger partial charge on any atom is -0.334 e. The highest BCUT2D eigenvalue weighted by Crippen LogP contribution is 2.51. The van der Waals surface area contributed by atoms with Gasteiger partial charge in [0.2, 0.25) is 15.9 Å². The third-order valence-electron chi connectivity index (χ3n) is 6.95. The molecule has 1 aliphatic heterocycles. The van der Waals surface area contributed by atoms with Gasteiger partial charge in [-0.3, -0.25) is 4.79 Å². The number of likely N-dealkylation sites (tertiary alicyclic amines) is 1. The van der Waals surface area contributed by atoms with E-state index in [9.17, 15) is 22.0 Å². The van der Waals surface area contributed by atoms with Crippen molar-refractivity contribution in [3.05, 3.63) is 59.4 Å². The molecular formula is C24H25F3N2O3S. The summed E-state index contributed by atoms with van der Waals surface area (Å²) >= 11 is 0. The third-order valence-corrected chi connectivity index (χ3v) is 8.34. The Morgan fingerprint density at radius 2 is 1.82 bits per heavy atom. The molecule has 2 aromatic rings. The average Bonchev–Trinajstić information content (AvgIpc) is 3.67. The Bertz CT molecular complexity index is 1200. The summed E-state index contributed by atoms with van der Waals surface area (Å²) in [6.07, 6.45) is 2.48. The molecule has 1 saturated heterocycles. The maximum atomic E-state index is 15.5. The molecule has 3 aliphatic rings. The molecule has 0 spiro atoms. The number of carbonyl (C=O) groups is 1. The molecule has 9 heteroatoms. The van der Waals surface area contributed by atoms with Gasteiger partial charge >= 0.3 is 0 Å². The maximum Gasteiger partial charge on any atom is 0.226 e. The summed E-state index contributed by atoms with van der Waals surface area (Å²) in [6, 6.07) is 6.44. The molecule has 2 aromatic carbocycles. The first-order valence-electron chi connectivity index (χ1n) is 11.2. The van der Waals surface area contributed by atoms with Crippen LogP contribution in [0.3, 0.4) is 0 Å². The minimum atomic E-state index is -3.52. The van der Waals surface area contributed by atoms with Gasteiger partial charge in [0, 0.05) is 29.6 Å². The van der Waals surface area contributed by atoms with Crippen LogP contribution in [0.5, 0.6) is 0 Å². The Balaban J connectivity index is 1.49. The number of sulfonamides is 1. The van der Waals surface area contributed by atoms with E-state index in [0.29, 0.717) is 0 Å². The number of fused-ring (bicyclic) bond motifs is 1. The van der Waals surface area contributed by atoms with Gasteiger partial charge in [0.15, 0.2) is 0 Å². The average molecular weight is 479 g/mol. The largest absolute Gasteiger partial charge is 0.334 e. The number of hydrogen-bond acceptors (Lipinski definition) is 3. The molecule has 33 heavy (non-hydrogen) atoms. The van der Waals surface area contributed by atoms with Crippen molar-refractivity contribution in [3.63, 3.8) is 0 Å². The Kier molecular flexibility index (Phi) is 5.52. The molecule has 5 rings (SSSR count). The van der Waals surface area contributed by atoms with Crippen LogP contribution >= 0.6 is 0 Å². The standard InChI is InChI=1S/C24H25F3N2O3S/c1-2-33(31,32)28-23-19-12-20(19)29(24(30)13-6-7-13)21(23)10-14-4-3-5-18(22(14)27)15-8-16(25)11-17(26)9-15/h3-5,8-9,11,13,19-21,23,28H,2,6-7,10,12H2,1H3/t19-,20+,21+,23+/m0/s1. The van der Waals surface area contributed by atoms with E-state index in [-0.39, 0.29) is 52.6 Å². The zero-order valence-electron chi connectivity index (χ0n) is 18.1. The lowest BCUT2D eigenvalue weighted by atomic mass is 9.94. The zero-order chi connectivity index (χ0) is 23.5. The van der Waals surface area contributed by atoms with Crippen LogP contribution in [0, 0.1) is 29.3 Å². The van der Waals surface area contributed by atoms with E-state index in [1.807, 2.05) is 0 Å². The number of nitrogens with one attached hydrogen (secondary N) is 1. The third kappa shape index (κ3) is 4.28. The van der Waals surface area contributed by atoms with Crippen molar-refractivity contribution in [2.75, 3.05) is 5.75 Å². The fraction of sp³-hybridized carbons (Fsp3) is 0.458. The number of hydrogen-bond donors (Lipinski definition) is 1. The topological polar surface area (TPSA) is 66.5 Å². The molecule has 1 heterocycles. The normalized spacial score (nSPS) is 26.4. The van der Waals surface area contributed by atoms with Gasteiger partial charge in [-0.25, -0.2) is 26.3 Å². The Hall–Kier alpha value is -2.39. The van der Waals surface area contributed by atoms with E-state index in [4.69, 9.17) is 0 Å². The van der Waals surface area contributed by atoms with Crippen molar-refractivity contribution < 1.29 is 26.4 Å². The summed E-state index contributed by atoms with van der Waals surface area (Å²) < 4.78 is 70.4. The Morgan fingerprint density at radius 1 is 1.12 bits per heavy atom. The molecule has 1 N–H and O–H groups in total. The molecular weight excluding hydrogens is 453 g/mol. The summed E-state index contributed by atoms with van der Waals surface area (Å²) in [6.45, 7) is 1.55. The number of piperidine rings is 1. The van der Waals surface area contributed by atoms with Crippen molar-refractivity contribution in [1.82, 2.24) is 9.62 Å². The molecule has 4 atom stereocenters. The molecule has 176 valence electrons. The fourth-order valence-corrected chi connectivity index (χ4v) is 5.97. The first-order chi connectivity index (χ1) is 15.7. The second-order valence-electron chi connectivity index (χ2n) is 9.24. The summed E-state index contributed by atoms with van der Waals surface area (Å²) in [4.78, 5) is 14.8. The minimum absolute atomic E-state index is 0.00876. The summed E-state index contributed by atoms with van der Waals surface area (Å²) in [5, 5.41) is 0. The van der Waals surface area contributed by atoms with Gasteiger partial charge in [0.25, 0.3) is 0 Å². The van der Waals surface area contributed by atoms with Gasteiger partial charge in [0.05, 0.1) is 11.8 Å². The first-order valence-corrected chi connectivity index (χ1v) is 12.9. The van der Waals surface area contributed by atoms with E-state index in [0.717, 1.165) is 37.5 Å². The predicted octanol–water partition coefficient (Wildman–Crippen LogP) is 3.63. The highest BCUT2D eigenvalue weighted by molar-refractivity contribution is 7.89. The molecule has 0 unspecified atom stereocenters. The van der Waals surface area contributed by atoms with E-state index in [1.165, 1.54) is 6.07 Å². The second-order valence-corrected chi connectivity index (χ2v) is 11.3. The maximum absolute atomic E-state index is 15.5. The Labute approximate surface area is 191 Å². The van der Waals surface area contributed by atoms with E-state index < -0.39 is 39.6 Å². The number of benzene rings is 2. The molecule has 2 saturated carbocycles. The molecule has 0 bridgehead atoms. The fourth-order valence-electron chi connectivity index (χ4n) is 5.06. The monoisotopic (exact) mass is 478 g/mol. The van der Waals surface area contributed by atoms with Gasteiger partial charge in [0.1, 0.15) is 17.5 Å². The zero-order valence-corrected chi connectivity index (χ0v) is 18.9. The van der Waals surface area contributed by atoms with Gasteiger partial charge < -0.3 is 4.90 Å². The first kappa shape index (κ1) is 22.4. The lowest BCUT2D eigenvalue weighted by Crippen LogP contribution is -2.51. The SMILES string of the molecule is CCS(=O)(=O)N[C@@H]1[C@H]2C[C@H]2N(C(=O)C2CC2)[C@@H]1Cc1cccc(-c2cc(F)cc(F)c2)c1F. The number of nitrogens with zero attached hydrogens (tertiary/aromatic N) is 1. The van der Waals surface area contributed by atoms with Crippen LogP contribution in [0.15, 0.2) is 36.4 Å². The van der Waals surface area contributed by atoms with Gasteiger partial charge in [-0.1, -0.05) is 18.2 Å². The van der Waals surface area contributed by atoms with E-state index in [2.05, 4.69) is 4.72 Å². The Morgan fingerprint density at radius 3 is 2.45 bits per heavy atom. The smallest absolute Gasteiger partial charge is 0.226 e. The van der Waals surface area contributed by atoms with Crippen LogP contribution in [-0.4, -0.2) is 43.1 Å². The van der Waals surface area contributed by atoms with Crippen LogP contribution in [-0.2, 0) is 21.2 Å². The van der Waals surface area contributed by atoms with Crippen molar-refractivity contribution >= 4 is 15.9 Å². The molecule has 2 aliphatic carbocycles. The van der Waals surface area contributed by atoms with Crippen LogP contribution < -0.4 is 4.72 Å². The predicted molar refractivity (Wildman–Crippen MR) is 117 cm³/mol. The van der Waals surface area contributed by atoms with Crippen LogP contribution in [0.4, 0.5) is 13.2 Å². The molecule has 0 aromatic heterocycles. The molecule has 5 nitrogen and oxygen atoms in total. The molecule has 0 radical (unpaired) electrons. The number of rotatable bonds is 7. The van der Waals surface area contributed by atoms with Gasteiger partial charge in [-0.15, -0.1) is 0 Å². The van der Waals surface area contributed by atoms with Crippen molar-refractivity contribution in [2.45, 2.75) is 50.7 Å². The lowest BCUT2D eigenvalue weighted by molar-refractivity contribution is -0.134. The van der Waals surface area contributed by atoms with Gasteiger partial charge in [-0.05, 0) is 61.8 Å². The van der Waals surface area contributed by atoms with Crippen molar-refractivity contribution in [3.8, 4) is 11.1 Å². The molecule has 3 fully saturated rings. The van der Waals surface area contributed by atoms with E-state index >= 15 is 4.39 Å². The number of amides is 1.